The van der Waals surface area contributed by atoms with Gasteiger partial charge in [-0.15, -0.1) is 0 Å². The van der Waals surface area contributed by atoms with Gasteiger partial charge in [0.1, 0.15) is 11.6 Å². The summed E-state index contributed by atoms with van der Waals surface area (Å²) in [5, 5.41) is 0. The van der Waals surface area contributed by atoms with E-state index in [0.29, 0.717) is 13.0 Å². The van der Waals surface area contributed by atoms with Crippen LogP contribution in [0.25, 0.3) is 0 Å². The average molecular weight is 304 g/mol. The Kier molecular flexibility index (Phi) is 4.74. The number of hydrogen-bond acceptors (Lipinski definition) is 3. The van der Waals surface area contributed by atoms with Crippen LogP contribution in [0.3, 0.4) is 0 Å². The third-order valence-electron chi connectivity index (χ3n) is 3.83. The summed E-state index contributed by atoms with van der Waals surface area (Å²) in [5.74, 6) is -0.246. The van der Waals surface area contributed by atoms with E-state index in [1.165, 1.54) is 10.5 Å². The second-order valence-corrected chi connectivity index (χ2v) is 6.72. The van der Waals surface area contributed by atoms with E-state index >= 15 is 0 Å². The standard InChI is InChI=1S/C17H24N2O3/c1-17(2,3)22-16(21)19-10-9-13(11-14(19)15(18)20)12-7-5-4-6-8-12/h4-8,13-14H,9-11H2,1-3H3,(H2,18,20). The van der Waals surface area contributed by atoms with Crippen molar-refractivity contribution in [3.63, 3.8) is 0 Å². The lowest BCUT2D eigenvalue weighted by Crippen LogP contribution is -2.53. The third-order valence-corrected chi connectivity index (χ3v) is 3.83. The molecule has 1 aliphatic rings. The number of carbonyl (C=O) groups is 2. The van der Waals surface area contributed by atoms with E-state index in [2.05, 4.69) is 0 Å². The quantitative estimate of drug-likeness (QED) is 0.913. The number of rotatable bonds is 2. The molecule has 0 saturated carbocycles. The van der Waals surface area contributed by atoms with Crippen molar-refractivity contribution in [3.05, 3.63) is 35.9 Å². The summed E-state index contributed by atoms with van der Waals surface area (Å²) in [6.07, 6.45) is 0.869. The molecule has 2 atom stereocenters. The summed E-state index contributed by atoms with van der Waals surface area (Å²) >= 11 is 0. The second kappa shape index (κ2) is 6.38. The highest BCUT2D eigenvalue weighted by atomic mass is 16.6. The van der Waals surface area contributed by atoms with Crippen molar-refractivity contribution in [1.29, 1.82) is 0 Å². The van der Waals surface area contributed by atoms with E-state index in [-0.39, 0.29) is 5.92 Å². The van der Waals surface area contributed by atoms with E-state index in [4.69, 9.17) is 10.5 Å². The van der Waals surface area contributed by atoms with Crippen molar-refractivity contribution in [3.8, 4) is 0 Å². The number of ether oxygens (including phenoxy) is 1. The molecular weight excluding hydrogens is 280 g/mol. The maximum absolute atomic E-state index is 12.3. The first kappa shape index (κ1) is 16.3. The molecule has 5 heteroatoms. The van der Waals surface area contributed by atoms with Crippen LogP contribution in [0.5, 0.6) is 0 Å². The molecule has 1 fully saturated rings. The van der Waals surface area contributed by atoms with Crippen LogP contribution in [0.4, 0.5) is 4.79 Å². The molecule has 2 unspecified atom stereocenters. The second-order valence-electron chi connectivity index (χ2n) is 6.72. The molecule has 2 N–H and O–H groups in total. The Bertz CT molecular complexity index is 537. The molecule has 1 aliphatic heterocycles. The summed E-state index contributed by atoms with van der Waals surface area (Å²) in [4.78, 5) is 25.5. The van der Waals surface area contributed by atoms with Crippen molar-refractivity contribution in [2.45, 2.75) is 51.2 Å². The van der Waals surface area contributed by atoms with Gasteiger partial charge in [-0.25, -0.2) is 4.79 Å². The predicted octanol–water partition coefficient (Wildman–Crippen LogP) is 2.66. The van der Waals surface area contributed by atoms with Gasteiger partial charge in [0, 0.05) is 6.54 Å². The minimum Gasteiger partial charge on any atom is -0.444 e. The van der Waals surface area contributed by atoms with Crippen molar-refractivity contribution in [1.82, 2.24) is 4.90 Å². The Hall–Kier alpha value is -2.04. The SMILES string of the molecule is CC(C)(C)OC(=O)N1CCC(c2ccccc2)CC1C(N)=O. The molecule has 2 amide bonds. The van der Waals surface area contributed by atoms with Gasteiger partial charge in [-0.05, 0) is 45.1 Å². The molecule has 0 aromatic heterocycles. The first-order valence-corrected chi connectivity index (χ1v) is 7.62. The van der Waals surface area contributed by atoms with Crippen LogP contribution in [0.2, 0.25) is 0 Å². The van der Waals surface area contributed by atoms with E-state index in [9.17, 15) is 9.59 Å². The lowest BCUT2D eigenvalue weighted by molar-refractivity contribution is -0.124. The van der Waals surface area contributed by atoms with Gasteiger partial charge in [-0.2, -0.15) is 0 Å². The van der Waals surface area contributed by atoms with Crippen LogP contribution in [-0.2, 0) is 9.53 Å². The Morgan fingerprint density at radius 3 is 2.41 bits per heavy atom. The van der Waals surface area contributed by atoms with Gasteiger partial charge in [-0.1, -0.05) is 30.3 Å². The summed E-state index contributed by atoms with van der Waals surface area (Å²) < 4.78 is 5.38. The Morgan fingerprint density at radius 1 is 1.23 bits per heavy atom. The molecule has 120 valence electrons. The zero-order valence-electron chi connectivity index (χ0n) is 13.4. The Morgan fingerprint density at radius 2 is 1.86 bits per heavy atom. The van der Waals surface area contributed by atoms with Crippen molar-refractivity contribution in [2.24, 2.45) is 5.73 Å². The van der Waals surface area contributed by atoms with Gasteiger partial charge in [-0.3, -0.25) is 9.69 Å². The molecular formula is C17H24N2O3. The molecule has 5 nitrogen and oxygen atoms in total. The van der Waals surface area contributed by atoms with Crippen LogP contribution in [0, 0.1) is 0 Å². The average Bonchev–Trinajstić information content (AvgIpc) is 2.45. The smallest absolute Gasteiger partial charge is 0.410 e. The fraction of sp³-hybridized carbons (Fsp3) is 0.529. The van der Waals surface area contributed by atoms with Gasteiger partial charge in [0.25, 0.3) is 0 Å². The summed E-state index contributed by atoms with van der Waals surface area (Å²) in [7, 11) is 0. The maximum atomic E-state index is 12.3. The molecule has 0 radical (unpaired) electrons. The number of piperidine rings is 1. The topological polar surface area (TPSA) is 72.6 Å². The van der Waals surface area contributed by atoms with Gasteiger partial charge in [0.05, 0.1) is 0 Å². The zero-order chi connectivity index (χ0) is 16.3. The van der Waals surface area contributed by atoms with Gasteiger partial charge in [0.15, 0.2) is 0 Å². The highest BCUT2D eigenvalue weighted by molar-refractivity contribution is 5.84. The molecule has 22 heavy (non-hydrogen) atoms. The Labute approximate surface area is 131 Å². The molecule has 2 rings (SSSR count). The van der Waals surface area contributed by atoms with Gasteiger partial charge in [0.2, 0.25) is 5.91 Å². The van der Waals surface area contributed by atoms with Crippen molar-refractivity contribution in [2.75, 3.05) is 6.54 Å². The van der Waals surface area contributed by atoms with E-state index in [0.717, 1.165) is 6.42 Å². The zero-order valence-corrected chi connectivity index (χ0v) is 13.4. The Balaban J connectivity index is 2.12. The summed E-state index contributed by atoms with van der Waals surface area (Å²) in [6.45, 7) is 5.89. The first-order valence-electron chi connectivity index (χ1n) is 7.62. The van der Waals surface area contributed by atoms with Gasteiger partial charge >= 0.3 is 6.09 Å². The molecule has 1 heterocycles. The molecule has 0 aliphatic carbocycles. The number of primary amides is 1. The maximum Gasteiger partial charge on any atom is 0.410 e. The molecule has 1 aromatic carbocycles. The minimum absolute atomic E-state index is 0.234. The van der Waals surface area contributed by atoms with Crippen molar-refractivity contribution < 1.29 is 14.3 Å². The molecule has 0 spiro atoms. The number of nitrogens with zero attached hydrogens (tertiary/aromatic N) is 1. The first-order chi connectivity index (χ1) is 10.3. The third kappa shape index (κ3) is 4.00. The monoisotopic (exact) mass is 304 g/mol. The van der Waals surface area contributed by atoms with Crippen LogP contribution in [0.1, 0.15) is 45.1 Å². The predicted molar refractivity (Wildman–Crippen MR) is 84.3 cm³/mol. The number of benzene rings is 1. The van der Waals surface area contributed by atoms with Crippen LogP contribution < -0.4 is 5.73 Å². The molecule has 1 saturated heterocycles. The number of nitrogens with two attached hydrogens (primary N) is 1. The van der Waals surface area contributed by atoms with Crippen molar-refractivity contribution >= 4 is 12.0 Å². The lowest BCUT2D eigenvalue weighted by atomic mass is 9.85. The van der Waals surface area contributed by atoms with Gasteiger partial charge < -0.3 is 10.5 Å². The number of hydrogen-bond donors (Lipinski definition) is 1. The lowest BCUT2D eigenvalue weighted by Gasteiger charge is -2.38. The normalized spacial score (nSPS) is 22.2. The van der Waals surface area contributed by atoms with Crippen LogP contribution >= 0.6 is 0 Å². The summed E-state index contributed by atoms with van der Waals surface area (Å²) in [5.41, 5.74) is 6.10. The molecule has 1 aromatic rings. The molecule has 0 bridgehead atoms. The van der Waals surface area contributed by atoms with Crippen LogP contribution in [-0.4, -0.2) is 35.1 Å². The van der Waals surface area contributed by atoms with Crippen LogP contribution in [0.15, 0.2) is 30.3 Å². The fourth-order valence-corrected chi connectivity index (χ4v) is 2.80. The minimum atomic E-state index is -0.617. The highest BCUT2D eigenvalue weighted by Crippen LogP contribution is 2.32. The number of carbonyl (C=O) groups excluding carboxylic acids is 2. The highest BCUT2D eigenvalue weighted by Gasteiger charge is 2.37. The van der Waals surface area contributed by atoms with E-state index in [1.807, 2.05) is 30.3 Å². The summed E-state index contributed by atoms with van der Waals surface area (Å²) in [6, 6.07) is 9.40. The van der Waals surface area contributed by atoms with E-state index < -0.39 is 23.6 Å². The number of amides is 2. The fourth-order valence-electron chi connectivity index (χ4n) is 2.80. The largest absolute Gasteiger partial charge is 0.444 e. The number of likely N-dealkylation sites (tertiary alicyclic amines) is 1. The van der Waals surface area contributed by atoms with E-state index in [1.54, 1.807) is 20.8 Å².